The van der Waals surface area contributed by atoms with E-state index >= 15 is 0 Å². The van der Waals surface area contributed by atoms with Crippen LogP contribution < -0.4 is 5.32 Å². The first kappa shape index (κ1) is 12.6. The van der Waals surface area contributed by atoms with Gasteiger partial charge in [0.2, 0.25) is 0 Å². The fourth-order valence-corrected chi connectivity index (χ4v) is 3.06. The van der Waals surface area contributed by atoms with Crippen LogP contribution in [0, 0.1) is 0 Å². The Balaban J connectivity index is 1.96. The van der Waals surface area contributed by atoms with Gasteiger partial charge in [-0.3, -0.25) is 4.79 Å². The first-order chi connectivity index (χ1) is 8.20. The highest BCUT2D eigenvalue weighted by Crippen LogP contribution is 2.21. The summed E-state index contributed by atoms with van der Waals surface area (Å²) in [6.07, 6.45) is 4.43. The summed E-state index contributed by atoms with van der Waals surface area (Å²) in [4.78, 5) is 13.9. The Hall–Kier alpha value is -0.870. The smallest absolute Gasteiger partial charge is 0.261 e. The molecule has 17 heavy (non-hydrogen) atoms. The second kappa shape index (κ2) is 5.65. The zero-order valence-corrected chi connectivity index (χ0v) is 10.9. The molecule has 1 aliphatic carbocycles. The molecule has 0 spiro atoms. The number of nitrogens with one attached hydrogen (secondary N) is 1. The van der Waals surface area contributed by atoms with E-state index in [-0.39, 0.29) is 18.1 Å². The van der Waals surface area contributed by atoms with Gasteiger partial charge in [-0.25, -0.2) is 0 Å². The van der Waals surface area contributed by atoms with E-state index in [9.17, 15) is 9.90 Å². The molecule has 0 bridgehead atoms. The van der Waals surface area contributed by atoms with Gasteiger partial charge < -0.3 is 10.4 Å². The highest BCUT2D eigenvalue weighted by molar-refractivity contribution is 7.14. The predicted octanol–water partition coefficient (Wildman–Crippen LogP) is 2.34. The minimum atomic E-state index is -0.377. The molecule has 1 heterocycles. The molecule has 1 aromatic heterocycles. The van der Waals surface area contributed by atoms with Crippen molar-refractivity contribution in [3.63, 3.8) is 0 Å². The molecule has 1 amide bonds. The highest BCUT2D eigenvalue weighted by Gasteiger charge is 2.25. The van der Waals surface area contributed by atoms with Crippen LogP contribution in [0.25, 0.3) is 0 Å². The van der Waals surface area contributed by atoms with E-state index in [2.05, 4.69) is 12.2 Å². The Morgan fingerprint density at radius 1 is 1.47 bits per heavy atom. The number of aliphatic hydroxyl groups excluding tert-OH is 1. The van der Waals surface area contributed by atoms with Gasteiger partial charge >= 0.3 is 0 Å². The van der Waals surface area contributed by atoms with Gasteiger partial charge in [0.15, 0.2) is 0 Å². The van der Waals surface area contributed by atoms with E-state index in [0.29, 0.717) is 0 Å². The van der Waals surface area contributed by atoms with Crippen LogP contribution in [0.1, 0.15) is 47.2 Å². The molecule has 3 nitrogen and oxygen atoms in total. The van der Waals surface area contributed by atoms with E-state index in [1.54, 1.807) is 0 Å². The third kappa shape index (κ3) is 3.07. The summed E-state index contributed by atoms with van der Waals surface area (Å²) < 4.78 is 0. The minimum Gasteiger partial charge on any atom is -0.391 e. The summed E-state index contributed by atoms with van der Waals surface area (Å²) in [5.41, 5.74) is 0. The van der Waals surface area contributed by atoms with Crippen molar-refractivity contribution in [2.75, 3.05) is 0 Å². The van der Waals surface area contributed by atoms with Gasteiger partial charge in [0.25, 0.3) is 5.91 Å². The second-order valence-corrected chi connectivity index (χ2v) is 5.72. The number of amides is 1. The van der Waals surface area contributed by atoms with Gasteiger partial charge in [-0.2, -0.15) is 0 Å². The lowest BCUT2D eigenvalue weighted by atomic mass is 9.92. The standard InChI is InChI=1S/C13H19NO2S/c1-2-9-7-8-12(17-9)13(16)14-10-5-3-4-6-11(10)15/h7-8,10-11,15H,2-6H2,1H3,(H,14,16)/t10-,11-/m0/s1. The zero-order chi connectivity index (χ0) is 12.3. The van der Waals surface area contributed by atoms with Crippen molar-refractivity contribution in [3.05, 3.63) is 21.9 Å². The van der Waals surface area contributed by atoms with Crippen molar-refractivity contribution >= 4 is 17.2 Å². The third-order valence-corrected chi connectivity index (χ3v) is 4.51. The Morgan fingerprint density at radius 3 is 2.88 bits per heavy atom. The molecular formula is C13H19NO2S. The molecule has 1 aliphatic rings. The quantitative estimate of drug-likeness (QED) is 0.868. The first-order valence-corrected chi connectivity index (χ1v) is 7.10. The second-order valence-electron chi connectivity index (χ2n) is 4.55. The van der Waals surface area contributed by atoms with Crippen LogP contribution in [0.3, 0.4) is 0 Å². The van der Waals surface area contributed by atoms with Crippen LogP contribution in [0.15, 0.2) is 12.1 Å². The molecule has 2 rings (SSSR count). The average Bonchev–Trinajstić information content (AvgIpc) is 2.81. The van der Waals surface area contributed by atoms with Crippen molar-refractivity contribution < 1.29 is 9.90 Å². The summed E-state index contributed by atoms with van der Waals surface area (Å²) in [5.74, 6) is -0.0411. The maximum absolute atomic E-state index is 12.0. The van der Waals surface area contributed by atoms with Crippen molar-refractivity contribution in [2.24, 2.45) is 0 Å². The van der Waals surface area contributed by atoms with Crippen molar-refractivity contribution in [1.82, 2.24) is 5.32 Å². The van der Waals surface area contributed by atoms with Gasteiger partial charge in [0, 0.05) is 4.88 Å². The number of hydrogen-bond donors (Lipinski definition) is 2. The number of carbonyl (C=O) groups is 1. The van der Waals surface area contributed by atoms with E-state index in [0.717, 1.165) is 37.0 Å². The van der Waals surface area contributed by atoms with E-state index in [1.165, 1.54) is 16.2 Å². The van der Waals surface area contributed by atoms with Gasteiger partial charge in [-0.05, 0) is 31.4 Å². The van der Waals surface area contributed by atoms with Gasteiger partial charge in [0.1, 0.15) is 0 Å². The average molecular weight is 253 g/mol. The molecule has 94 valence electrons. The molecule has 0 aromatic carbocycles. The number of rotatable bonds is 3. The molecule has 0 radical (unpaired) electrons. The van der Waals surface area contributed by atoms with E-state index in [1.807, 2.05) is 12.1 Å². The van der Waals surface area contributed by atoms with Crippen LogP contribution >= 0.6 is 11.3 Å². The molecule has 1 saturated carbocycles. The molecule has 0 aliphatic heterocycles. The van der Waals surface area contributed by atoms with Crippen molar-refractivity contribution in [2.45, 2.75) is 51.2 Å². The molecule has 0 saturated heterocycles. The van der Waals surface area contributed by atoms with E-state index in [4.69, 9.17) is 0 Å². The van der Waals surface area contributed by atoms with Crippen LogP contribution in [0.5, 0.6) is 0 Å². The molecule has 1 aromatic rings. The van der Waals surface area contributed by atoms with Crippen LogP contribution in [-0.2, 0) is 6.42 Å². The van der Waals surface area contributed by atoms with Crippen LogP contribution in [0.2, 0.25) is 0 Å². The van der Waals surface area contributed by atoms with Crippen molar-refractivity contribution in [3.8, 4) is 0 Å². The summed E-state index contributed by atoms with van der Waals surface area (Å²) in [6.45, 7) is 2.08. The van der Waals surface area contributed by atoms with Crippen LogP contribution in [0.4, 0.5) is 0 Å². The zero-order valence-electron chi connectivity index (χ0n) is 10.1. The minimum absolute atomic E-state index is 0.0411. The maximum Gasteiger partial charge on any atom is 0.261 e. The third-order valence-electron chi connectivity index (χ3n) is 3.28. The molecule has 2 atom stereocenters. The highest BCUT2D eigenvalue weighted by atomic mass is 32.1. The normalized spacial score (nSPS) is 24.6. The largest absolute Gasteiger partial charge is 0.391 e. The summed E-state index contributed by atoms with van der Waals surface area (Å²) in [6, 6.07) is 3.80. The first-order valence-electron chi connectivity index (χ1n) is 6.28. The van der Waals surface area contributed by atoms with Gasteiger partial charge in [-0.1, -0.05) is 19.8 Å². The number of aryl methyl sites for hydroxylation is 1. The Bertz CT molecular complexity index is 389. The topological polar surface area (TPSA) is 49.3 Å². The predicted molar refractivity (Wildman–Crippen MR) is 69.4 cm³/mol. The Labute approximate surface area is 106 Å². The lowest BCUT2D eigenvalue weighted by Gasteiger charge is -2.28. The Morgan fingerprint density at radius 2 is 2.24 bits per heavy atom. The fraction of sp³-hybridized carbons (Fsp3) is 0.615. The molecule has 2 N–H and O–H groups in total. The lowest BCUT2D eigenvalue weighted by Crippen LogP contribution is -2.44. The number of thiophene rings is 1. The molecule has 0 unspecified atom stereocenters. The van der Waals surface area contributed by atoms with Crippen molar-refractivity contribution in [1.29, 1.82) is 0 Å². The summed E-state index contributed by atoms with van der Waals surface area (Å²) in [7, 11) is 0. The monoisotopic (exact) mass is 253 g/mol. The van der Waals surface area contributed by atoms with Gasteiger partial charge in [0.05, 0.1) is 17.0 Å². The number of hydrogen-bond acceptors (Lipinski definition) is 3. The Kier molecular flexibility index (Phi) is 4.18. The molecular weight excluding hydrogens is 234 g/mol. The lowest BCUT2D eigenvalue weighted by molar-refractivity contribution is 0.0720. The number of carbonyl (C=O) groups excluding carboxylic acids is 1. The maximum atomic E-state index is 12.0. The molecule has 4 heteroatoms. The van der Waals surface area contributed by atoms with Crippen LogP contribution in [-0.4, -0.2) is 23.2 Å². The summed E-state index contributed by atoms with van der Waals surface area (Å²) >= 11 is 1.54. The summed E-state index contributed by atoms with van der Waals surface area (Å²) in [5, 5.41) is 12.7. The fourth-order valence-electron chi connectivity index (χ4n) is 2.21. The SMILES string of the molecule is CCc1ccc(C(=O)N[C@H]2CCCC[C@@H]2O)s1. The van der Waals surface area contributed by atoms with E-state index < -0.39 is 0 Å². The van der Waals surface area contributed by atoms with Gasteiger partial charge in [-0.15, -0.1) is 11.3 Å². The molecule has 1 fully saturated rings. The number of aliphatic hydroxyl groups is 1.